The van der Waals surface area contributed by atoms with Gasteiger partial charge in [0.1, 0.15) is 17.3 Å². The van der Waals surface area contributed by atoms with Crippen LogP contribution in [0.5, 0.6) is 0 Å². The third-order valence-corrected chi connectivity index (χ3v) is 3.64. The van der Waals surface area contributed by atoms with Gasteiger partial charge in [-0.3, -0.25) is 4.79 Å². The normalized spacial score (nSPS) is 10.3. The average molecular weight is 336 g/mol. The molecule has 3 rings (SSSR count). The minimum atomic E-state index is -0.517. The van der Waals surface area contributed by atoms with Crippen LogP contribution in [0.25, 0.3) is 0 Å². The highest BCUT2D eigenvalue weighted by atomic mass is 19.1. The summed E-state index contributed by atoms with van der Waals surface area (Å²) in [5.74, 6) is -0.499. The van der Waals surface area contributed by atoms with Crippen LogP contribution in [-0.2, 0) is 6.42 Å². The predicted octanol–water partition coefficient (Wildman–Crippen LogP) is 4.17. The highest BCUT2D eigenvalue weighted by Crippen LogP contribution is 2.16. The summed E-state index contributed by atoms with van der Waals surface area (Å²) in [5.41, 5.74) is 2.34. The molecule has 0 spiro atoms. The molecule has 0 fully saturated rings. The van der Waals surface area contributed by atoms with E-state index in [-0.39, 0.29) is 11.4 Å². The van der Waals surface area contributed by atoms with Crippen molar-refractivity contribution in [3.05, 3.63) is 78.0 Å². The Kier molecular flexibility index (Phi) is 4.99. The van der Waals surface area contributed by atoms with Gasteiger partial charge in [0.2, 0.25) is 0 Å². The van der Waals surface area contributed by atoms with Gasteiger partial charge in [0.25, 0.3) is 5.91 Å². The molecule has 1 amide bonds. The fourth-order valence-corrected chi connectivity index (χ4v) is 2.23. The molecule has 2 aromatic carbocycles. The number of benzene rings is 2. The monoisotopic (exact) mass is 336 g/mol. The Balaban J connectivity index is 1.67. The van der Waals surface area contributed by atoms with Gasteiger partial charge in [-0.15, -0.1) is 0 Å². The first-order chi connectivity index (χ1) is 12.2. The number of rotatable bonds is 5. The lowest BCUT2D eigenvalue weighted by Crippen LogP contribution is -2.15. The number of anilines is 3. The molecule has 6 heteroatoms. The molecule has 3 aromatic rings. The summed E-state index contributed by atoms with van der Waals surface area (Å²) in [7, 11) is 0. The Morgan fingerprint density at radius 1 is 1.04 bits per heavy atom. The molecule has 126 valence electrons. The maximum Gasteiger partial charge on any atom is 0.275 e. The van der Waals surface area contributed by atoms with Crippen molar-refractivity contribution < 1.29 is 9.18 Å². The highest BCUT2D eigenvalue weighted by molar-refractivity contribution is 6.02. The van der Waals surface area contributed by atoms with Crippen molar-refractivity contribution in [3.8, 4) is 0 Å². The molecule has 25 heavy (non-hydrogen) atoms. The van der Waals surface area contributed by atoms with Crippen molar-refractivity contribution >= 4 is 23.1 Å². The Morgan fingerprint density at radius 3 is 2.44 bits per heavy atom. The molecule has 0 atom stereocenters. The van der Waals surface area contributed by atoms with Crippen LogP contribution in [0.15, 0.2) is 60.9 Å². The second kappa shape index (κ2) is 7.53. The molecule has 0 saturated heterocycles. The van der Waals surface area contributed by atoms with Crippen LogP contribution in [-0.4, -0.2) is 15.9 Å². The van der Waals surface area contributed by atoms with Crippen molar-refractivity contribution in [2.24, 2.45) is 0 Å². The predicted molar refractivity (Wildman–Crippen MR) is 95.5 cm³/mol. The molecule has 0 bridgehead atoms. The van der Waals surface area contributed by atoms with E-state index in [1.165, 1.54) is 30.1 Å². The molecule has 2 N–H and O–H groups in total. The zero-order valence-electron chi connectivity index (χ0n) is 13.7. The largest absolute Gasteiger partial charge is 0.339 e. The maximum atomic E-state index is 13.6. The summed E-state index contributed by atoms with van der Waals surface area (Å²) in [6, 6.07) is 13.9. The number of nitrogens with zero attached hydrogens (tertiary/aromatic N) is 2. The quantitative estimate of drug-likeness (QED) is 0.734. The van der Waals surface area contributed by atoms with Crippen molar-refractivity contribution in [1.82, 2.24) is 9.97 Å². The first-order valence-corrected chi connectivity index (χ1v) is 7.89. The van der Waals surface area contributed by atoms with Crippen molar-refractivity contribution in [1.29, 1.82) is 0 Å². The smallest absolute Gasteiger partial charge is 0.275 e. The van der Waals surface area contributed by atoms with E-state index in [4.69, 9.17) is 0 Å². The van der Waals surface area contributed by atoms with E-state index in [2.05, 4.69) is 27.5 Å². The Morgan fingerprint density at radius 2 is 1.80 bits per heavy atom. The van der Waals surface area contributed by atoms with Crippen molar-refractivity contribution in [2.75, 3.05) is 10.6 Å². The molecule has 5 nitrogen and oxygen atoms in total. The Bertz CT molecular complexity index is 863. The molecule has 0 aliphatic carbocycles. The number of para-hydroxylation sites is 1. The van der Waals surface area contributed by atoms with Gasteiger partial charge in [-0.1, -0.05) is 31.2 Å². The van der Waals surface area contributed by atoms with Crippen LogP contribution in [0.3, 0.4) is 0 Å². The first kappa shape index (κ1) is 16.6. The minimum absolute atomic E-state index is 0.104. The number of halogens is 1. The fraction of sp³-hybridized carbons (Fsp3) is 0.105. The maximum absolute atomic E-state index is 13.6. The molecule has 1 heterocycles. The van der Waals surface area contributed by atoms with Gasteiger partial charge in [0.05, 0.1) is 18.1 Å². The van der Waals surface area contributed by atoms with Gasteiger partial charge in [-0.2, -0.15) is 0 Å². The summed E-state index contributed by atoms with van der Waals surface area (Å²) in [4.78, 5) is 20.4. The van der Waals surface area contributed by atoms with Crippen LogP contribution >= 0.6 is 0 Å². The minimum Gasteiger partial charge on any atom is -0.339 e. The van der Waals surface area contributed by atoms with Crippen LogP contribution in [0.1, 0.15) is 23.0 Å². The van der Waals surface area contributed by atoms with E-state index in [0.717, 1.165) is 12.1 Å². The zero-order chi connectivity index (χ0) is 17.6. The van der Waals surface area contributed by atoms with Gasteiger partial charge < -0.3 is 10.6 Å². The Hall–Kier alpha value is -3.28. The molecular weight excluding hydrogens is 319 g/mol. The van der Waals surface area contributed by atoms with E-state index >= 15 is 0 Å². The molecule has 0 unspecified atom stereocenters. The lowest BCUT2D eigenvalue weighted by Gasteiger charge is -2.08. The topological polar surface area (TPSA) is 66.9 Å². The number of carbonyl (C=O) groups is 1. The fourth-order valence-electron chi connectivity index (χ4n) is 2.23. The lowest BCUT2D eigenvalue weighted by atomic mass is 10.1. The summed E-state index contributed by atoms with van der Waals surface area (Å²) in [6.07, 6.45) is 3.79. The number of aryl methyl sites for hydroxylation is 1. The number of amides is 1. The standard InChI is InChI=1S/C19H17FN4O/c1-2-13-7-9-14(10-8-13)23-18-12-21-17(11-22-18)19(25)24-16-6-4-3-5-15(16)20/h3-12H,2H2,1H3,(H,22,23)(H,24,25). The summed E-state index contributed by atoms with van der Waals surface area (Å²) >= 11 is 0. The molecule has 0 aliphatic heterocycles. The molecule has 0 aliphatic rings. The third-order valence-electron chi connectivity index (χ3n) is 3.64. The number of aromatic nitrogens is 2. The molecule has 0 radical (unpaired) electrons. The van der Waals surface area contributed by atoms with E-state index in [1.54, 1.807) is 12.1 Å². The van der Waals surface area contributed by atoms with Crippen LogP contribution in [0.4, 0.5) is 21.6 Å². The SMILES string of the molecule is CCc1ccc(Nc2cnc(C(=O)Nc3ccccc3F)cn2)cc1. The summed E-state index contributed by atoms with van der Waals surface area (Å²) in [6.45, 7) is 2.10. The highest BCUT2D eigenvalue weighted by Gasteiger charge is 2.11. The van der Waals surface area contributed by atoms with E-state index in [1.807, 2.05) is 24.3 Å². The van der Waals surface area contributed by atoms with Crippen molar-refractivity contribution in [3.63, 3.8) is 0 Å². The molecular formula is C19H17FN4O. The average Bonchev–Trinajstić information content (AvgIpc) is 2.65. The third kappa shape index (κ3) is 4.17. The van der Waals surface area contributed by atoms with Crippen LogP contribution < -0.4 is 10.6 Å². The van der Waals surface area contributed by atoms with Gasteiger partial charge in [0, 0.05) is 5.69 Å². The number of nitrogens with one attached hydrogen (secondary N) is 2. The molecule has 1 aromatic heterocycles. The number of carbonyl (C=O) groups excluding carboxylic acids is 1. The van der Waals surface area contributed by atoms with Gasteiger partial charge >= 0.3 is 0 Å². The second-order valence-electron chi connectivity index (χ2n) is 5.40. The van der Waals surface area contributed by atoms with E-state index in [9.17, 15) is 9.18 Å². The van der Waals surface area contributed by atoms with Gasteiger partial charge in [0.15, 0.2) is 0 Å². The lowest BCUT2D eigenvalue weighted by molar-refractivity contribution is 0.102. The van der Waals surface area contributed by atoms with Gasteiger partial charge in [-0.25, -0.2) is 14.4 Å². The van der Waals surface area contributed by atoms with E-state index in [0.29, 0.717) is 5.82 Å². The van der Waals surface area contributed by atoms with Gasteiger partial charge in [-0.05, 0) is 36.2 Å². The summed E-state index contributed by atoms with van der Waals surface area (Å²) < 4.78 is 13.6. The van der Waals surface area contributed by atoms with Crippen LogP contribution in [0.2, 0.25) is 0 Å². The Labute approximate surface area is 145 Å². The first-order valence-electron chi connectivity index (χ1n) is 7.89. The zero-order valence-corrected chi connectivity index (χ0v) is 13.7. The second-order valence-corrected chi connectivity index (χ2v) is 5.40. The number of hydrogen-bond donors (Lipinski definition) is 2. The molecule has 0 saturated carbocycles. The summed E-state index contributed by atoms with van der Waals surface area (Å²) in [5, 5.41) is 5.59. The van der Waals surface area contributed by atoms with E-state index < -0.39 is 11.7 Å². The number of hydrogen-bond acceptors (Lipinski definition) is 4. The van der Waals surface area contributed by atoms with Crippen molar-refractivity contribution in [2.45, 2.75) is 13.3 Å². The van der Waals surface area contributed by atoms with Crippen LogP contribution in [0, 0.1) is 5.82 Å².